The van der Waals surface area contributed by atoms with Crippen LogP contribution >= 0.6 is 0 Å². The van der Waals surface area contributed by atoms with Gasteiger partial charge < -0.3 is 5.32 Å². The highest BCUT2D eigenvalue weighted by atomic mass is 15.2. The fourth-order valence-electron chi connectivity index (χ4n) is 3.25. The highest BCUT2D eigenvalue weighted by Gasteiger charge is 2.30. The molecule has 18 heavy (non-hydrogen) atoms. The summed E-state index contributed by atoms with van der Waals surface area (Å²) in [5.41, 5.74) is -0.401. The molecule has 1 fully saturated rings. The van der Waals surface area contributed by atoms with Gasteiger partial charge in [-0.3, -0.25) is 4.90 Å². The second kappa shape index (κ2) is 7.11. The molecule has 1 aliphatic carbocycles. The fraction of sp³-hybridized carbons (Fsp3) is 0.933. The molecule has 0 bridgehead atoms. The summed E-state index contributed by atoms with van der Waals surface area (Å²) >= 11 is 0. The van der Waals surface area contributed by atoms with E-state index < -0.39 is 5.54 Å². The molecule has 0 saturated heterocycles. The molecule has 1 N–H and O–H groups in total. The van der Waals surface area contributed by atoms with Crippen LogP contribution in [0.2, 0.25) is 0 Å². The first-order valence-corrected chi connectivity index (χ1v) is 7.42. The summed E-state index contributed by atoms with van der Waals surface area (Å²) in [7, 11) is 1.88. The normalized spacial score (nSPS) is 22.4. The van der Waals surface area contributed by atoms with Crippen molar-refractivity contribution in [1.29, 1.82) is 5.26 Å². The molecule has 1 aliphatic rings. The summed E-state index contributed by atoms with van der Waals surface area (Å²) in [4.78, 5) is 2.60. The minimum absolute atomic E-state index is 0.401. The third-order valence-electron chi connectivity index (χ3n) is 4.48. The Morgan fingerprint density at radius 1 is 1.39 bits per heavy atom. The van der Waals surface area contributed by atoms with E-state index in [0.29, 0.717) is 6.04 Å². The van der Waals surface area contributed by atoms with E-state index in [1.165, 1.54) is 32.1 Å². The maximum atomic E-state index is 9.27. The Balaban J connectivity index is 2.61. The molecule has 0 radical (unpaired) electrons. The van der Waals surface area contributed by atoms with Gasteiger partial charge >= 0.3 is 0 Å². The van der Waals surface area contributed by atoms with Crippen LogP contribution < -0.4 is 5.32 Å². The molecular formula is C15H29N3. The third-order valence-corrected chi connectivity index (χ3v) is 4.48. The van der Waals surface area contributed by atoms with E-state index in [1.807, 2.05) is 14.0 Å². The minimum atomic E-state index is -0.401. The summed E-state index contributed by atoms with van der Waals surface area (Å²) in [6.45, 7) is 7.61. The smallest absolute Gasteiger partial charge is 0.105 e. The summed E-state index contributed by atoms with van der Waals surface area (Å²) in [5.74, 6) is 0. The fourth-order valence-corrected chi connectivity index (χ4v) is 3.25. The average molecular weight is 251 g/mol. The van der Waals surface area contributed by atoms with E-state index in [2.05, 4.69) is 30.1 Å². The van der Waals surface area contributed by atoms with E-state index >= 15 is 0 Å². The maximum absolute atomic E-state index is 9.27. The van der Waals surface area contributed by atoms with Gasteiger partial charge in [-0.2, -0.15) is 5.26 Å². The Kier molecular flexibility index (Phi) is 6.11. The van der Waals surface area contributed by atoms with Crippen molar-refractivity contribution in [1.82, 2.24) is 10.2 Å². The molecule has 0 heterocycles. The summed E-state index contributed by atoms with van der Waals surface area (Å²) in [6.07, 6.45) is 7.70. The van der Waals surface area contributed by atoms with Crippen molar-refractivity contribution in [2.24, 2.45) is 0 Å². The number of hydrogen-bond acceptors (Lipinski definition) is 3. The summed E-state index contributed by atoms with van der Waals surface area (Å²) in [6, 6.07) is 3.61. The van der Waals surface area contributed by atoms with Crippen molar-refractivity contribution >= 4 is 0 Å². The van der Waals surface area contributed by atoms with Crippen LogP contribution in [0.5, 0.6) is 0 Å². The van der Waals surface area contributed by atoms with Gasteiger partial charge in [-0.1, -0.05) is 26.2 Å². The zero-order valence-electron chi connectivity index (χ0n) is 12.5. The number of hydrogen-bond donors (Lipinski definition) is 1. The van der Waals surface area contributed by atoms with Crippen LogP contribution in [0.25, 0.3) is 0 Å². The number of nitriles is 1. The number of rotatable bonds is 6. The Bertz CT molecular complexity index is 278. The van der Waals surface area contributed by atoms with E-state index in [0.717, 1.165) is 19.0 Å². The lowest BCUT2D eigenvalue weighted by Crippen LogP contribution is -2.49. The van der Waals surface area contributed by atoms with Gasteiger partial charge in [0.15, 0.2) is 0 Å². The Labute approximate surface area is 113 Å². The Morgan fingerprint density at radius 3 is 2.44 bits per heavy atom. The molecule has 3 heteroatoms. The molecule has 2 unspecified atom stereocenters. The van der Waals surface area contributed by atoms with Crippen molar-refractivity contribution in [2.75, 3.05) is 13.6 Å². The average Bonchev–Trinajstić information content (AvgIpc) is 2.40. The SMILES string of the molecule is CCN(C(C)CC(C)(C#N)NC)C1CCCCC1. The van der Waals surface area contributed by atoms with Gasteiger partial charge in [0, 0.05) is 12.1 Å². The lowest BCUT2D eigenvalue weighted by molar-refractivity contribution is 0.103. The summed E-state index contributed by atoms with van der Waals surface area (Å²) < 4.78 is 0. The molecule has 0 aromatic carbocycles. The molecule has 1 saturated carbocycles. The van der Waals surface area contributed by atoms with Crippen LogP contribution in [0, 0.1) is 11.3 Å². The first kappa shape index (κ1) is 15.5. The Hall–Kier alpha value is -0.590. The first-order chi connectivity index (χ1) is 8.56. The van der Waals surface area contributed by atoms with Gasteiger partial charge in [0.25, 0.3) is 0 Å². The van der Waals surface area contributed by atoms with Crippen molar-refractivity contribution in [2.45, 2.75) is 76.9 Å². The Morgan fingerprint density at radius 2 is 2.00 bits per heavy atom. The predicted molar refractivity (Wildman–Crippen MR) is 76.4 cm³/mol. The zero-order chi connectivity index (χ0) is 13.6. The van der Waals surface area contributed by atoms with E-state index in [9.17, 15) is 5.26 Å². The molecule has 0 aromatic heterocycles. The molecular weight excluding hydrogens is 222 g/mol. The molecule has 3 nitrogen and oxygen atoms in total. The van der Waals surface area contributed by atoms with Crippen LogP contribution in [0.1, 0.15) is 59.3 Å². The lowest BCUT2D eigenvalue weighted by atomic mass is 9.90. The largest absolute Gasteiger partial charge is 0.303 e. The number of nitrogens with one attached hydrogen (secondary N) is 1. The van der Waals surface area contributed by atoms with Crippen LogP contribution in [0.4, 0.5) is 0 Å². The standard InChI is InChI=1S/C15H29N3/c1-5-18(14-9-7-6-8-10-14)13(2)11-15(3,12-16)17-4/h13-14,17H,5-11H2,1-4H3. The van der Waals surface area contributed by atoms with Crippen molar-refractivity contribution in [3.05, 3.63) is 0 Å². The van der Waals surface area contributed by atoms with E-state index in [4.69, 9.17) is 0 Å². The first-order valence-electron chi connectivity index (χ1n) is 7.42. The highest BCUT2D eigenvalue weighted by molar-refractivity contribution is 5.05. The summed E-state index contributed by atoms with van der Waals surface area (Å²) in [5, 5.41) is 12.4. The van der Waals surface area contributed by atoms with Crippen molar-refractivity contribution in [3.63, 3.8) is 0 Å². The molecule has 1 rings (SSSR count). The molecule has 0 amide bonds. The van der Waals surface area contributed by atoms with Gasteiger partial charge in [0.2, 0.25) is 0 Å². The van der Waals surface area contributed by atoms with Gasteiger partial charge in [-0.05, 0) is 46.7 Å². The zero-order valence-corrected chi connectivity index (χ0v) is 12.5. The minimum Gasteiger partial charge on any atom is -0.303 e. The monoisotopic (exact) mass is 251 g/mol. The van der Waals surface area contributed by atoms with Gasteiger partial charge in [0.05, 0.1) is 6.07 Å². The molecule has 0 aromatic rings. The molecule has 0 spiro atoms. The van der Waals surface area contributed by atoms with Crippen LogP contribution in [-0.4, -0.2) is 36.1 Å². The highest BCUT2D eigenvalue weighted by Crippen LogP contribution is 2.26. The van der Waals surface area contributed by atoms with Gasteiger partial charge in [0.1, 0.15) is 5.54 Å². The van der Waals surface area contributed by atoms with Gasteiger partial charge in [-0.25, -0.2) is 0 Å². The maximum Gasteiger partial charge on any atom is 0.105 e. The molecule has 104 valence electrons. The third kappa shape index (κ3) is 3.96. The van der Waals surface area contributed by atoms with Gasteiger partial charge in [-0.15, -0.1) is 0 Å². The predicted octanol–water partition coefficient (Wildman–Crippen LogP) is 2.92. The molecule has 0 aliphatic heterocycles. The number of nitrogens with zero attached hydrogens (tertiary/aromatic N) is 2. The van der Waals surface area contributed by atoms with Crippen LogP contribution in [0.15, 0.2) is 0 Å². The van der Waals surface area contributed by atoms with E-state index in [-0.39, 0.29) is 0 Å². The van der Waals surface area contributed by atoms with Crippen LogP contribution in [0.3, 0.4) is 0 Å². The lowest BCUT2D eigenvalue weighted by Gasteiger charge is -2.40. The quantitative estimate of drug-likeness (QED) is 0.789. The second-order valence-corrected chi connectivity index (χ2v) is 5.87. The van der Waals surface area contributed by atoms with E-state index in [1.54, 1.807) is 0 Å². The van der Waals surface area contributed by atoms with Crippen molar-refractivity contribution in [3.8, 4) is 6.07 Å². The topological polar surface area (TPSA) is 39.1 Å². The van der Waals surface area contributed by atoms with Crippen molar-refractivity contribution < 1.29 is 0 Å². The molecule has 2 atom stereocenters. The second-order valence-electron chi connectivity index (χ2n) is 5.87. The van der Waals surface area contributed by atoms with Crippen LogP contribution in [-0.2, 0) is 0 Å².